The number of rotatable bonds is 2. The van der Waals surface area contributed by atoms with Crippen molar-refractivity contribution in [3.63, 3.8) is 0 Å². The van der Waals surface area contributed by atoms with E-state index in [9.17, 15) is 9.59 Å². The number of aliphatic carboxylic acids is 2. The van der Waals surface area contributed by atoms with Gasteiger partial charge >= 0.3 is 11.9 Å². The van der Waals surface area contributed by atoms with Crippen LogP contribution >= 0.6 is 0 Å². The maximum atomic E-state index is 10.7. The lowest BCUT2D eigenvalue weighted by Crippen LogP contribution is -2.21. The van der Waals surface area contributed by atoms with Gasteiger partial charge in [0.05, 0.1) is 0 Å². The highest BCUT2D eigenvalue weighted by molar-refractivity contribution is 5.78. The lowest BCUT2D eigenvalue weighted by molar-refractivity contribution is -0.144. The monoisotopic (exact) mass is 222 g/mol. The van der Waals surface area contributed by atoms with Crippen LogP contribution in [0, 0.1) is 34.5 Å². The van der Waals surface area contributed by atoms with Crippen molar-refractivity contribution in [1.82, 2.24) is 0 Å². The first-order valence-corrected chi connectivity index (χ1v) is 4.61. The zero-order valence-corrected chi connectivity index (χ0v) is 9.71. The largest absolute Gasteiger partial charge is 0.480 e. The van der Waals surface area contributed by atoms with Crippen molar-refractivity contribution in [3.8, 4) is 23.7 Å². The second kappa shape index (κ2) is 4.72. The van der Waals surface area contributed by atoms with E-state index < -0.39 is 22.8 Å². The van der Waals surface area contributed by atoms with Gasteiger partial charge in [0.1, 0.15) is 10.8 Å². The average molecular weight is 222 g/mol. The van der Waals surface area contributed by atoms with Crippen LogP contribution in [-0.4, -0.2) is 22.2 Å². The second-order valence-electron chi connectivity index (χ2n) is 4.36. The Labute approximate surface area is 94.7 Å². The summed E-state index contributed by atoms with van der Waals surface area (Å²) in [5, 5.41) is 17.5. The smallest absolute Gasteiger partial charge is 0.321 e. The molecule has 0 saturated heterocycles. The maximum absolute atomic E-state index is 10.7. The van der Waals surface area contributed by atoms with Gasteiger partial charge in [0.2, 0.25) is 0 Å². The van der Waals surface area contributed by atoms with E-state index in [4.69, 9.17) is 10.2 Å². The van der Waals surface area contributed by atoms with E-state index in [0.29, 0.717) is 0 Å². The molecule has 0 heterocycles. The Morgan fingerprint density at radius 1 is 0.812 bits per heavy atom. The van der Waals surface area contributed by atoms with E-state index in [1.807, 2.05) is 0 Å². The number of carboxylic acids is 2. The Balaban J connectivity index is 4.85. The molecule has 4 nitrogen and oxygen atoms in total. The summed E-state index contributed by atoms with van der Waals surface area (Å²) in [4.78, 5) is 21.4. The highest BCUT2D eigenvalue weighted by Crippen LogP contribution is 2.13. The number of carboxylic acid groups (broad SMARTS) is 2. The van der Waals surface area contributed by atoms with Crippen LogP contribution in [0.3, 0.4) is 0 Å². The molecule has 0 bridgehead atoms. The Hall–Kier alpha value is -1.94. The van der Waals surface area contributed by atoms with Crippen LogP contribution in [0.1, 0.15) is 27.7 Å². The van der Waals surface area contributed by atoms with Crippen LogP contribution in [0.5, 0.6) is 0 Å². The molecule has 0 unspecified atom stereocenters. The van der Waals surface area contributed by atoms with Gasteiger partial charge in [-0.2, -0.15) is 0 Å². The lowest BCUT2D eigenvalue weighted by Gasteiger charge is -2.09. The molecule has 0 aliphatic heterocycles. The van der Waals surface area contributed by atoms with Gasteiger partial charge in [-0.1, -0.05) is 11.8 Å². The molecule has 0 radical (unpaired) electrons. The van der Waals surface area contributed by atoms with Gasteiger partial charge in [-0.05, 0) is 39.5 Å². The van der Waals surface area contributed by atoms with Crippen LogP contribution < -0.4 is 0 Å². The molecule has 2 N–H and O–H groups in total. The summed E-state index contributed by atoms with van der Waals surface area (Å²) in [7, 11) is 0. The molecule has 0 aliphatic rings. The predicted molar refractivity (Wildman–Crippen MR) is 58.4 cm³/mol. The fourth-order valence-electron chi connectivity index (χ4n) is 0.482. The molecule has 0 aliphatic carbocycles. The minimum Gasteiger partial charge on any atom is -0.480 e. The molecule has 0 atom stereocenters. The fourth-order valence-corrected chi connectivity index (χ4v) is 0.482. The van der Waals surface area contributed by atoms with Gasteiger partial charge < -0.3 is 10.2 Å². The van der Waals surface area contributed by atoms with E-state index in [2.05, 4.69) is 23.7 Å². The molecule has 0 fully saturated rings. The summed E-state index contributed by atoms with van der Waals surface area (Å²) >= 11 is 0. The van der Waals surface area contributed by atoms with E-state index in [1.54, 1.807) is 0 Å². The third kappa shape index (κ3) is 4.06. The molecule has 0 aromatic carbocycles. The Bertz CT molecular complexity index is 379. The van der Waals surface area contributed by atoms with Gasteiger partial charge in [0.25, 0.3) is 0 Å². The van der Waals surface area contributed by atoms with E-state index in [-0.39, 0.29) is 0 Å². The molecule has 0 amide bonds. The van der Waals surface area contributed by atoms with Crippen LogP contribution in [0.15, 0.2) is 0 Å². The molecule has 4 heteroatoms. The van der Waals surface area contributed by atoms with Crippen LogP contribution in [0.25, 0.3) is 0 Å². The third-order valence-corrected chi connectivity index (χ3v) is 1.88. The second-order valence-corrected chi connectivity index (χ2v) is 4.36. The van der Waals surface area contributed by atoms with Crippen molar-refractivity contribution in [2.45, 2.75) is 27.7 Å². The van der Waals surface area contributed by atoms with Gasteiger partial charge in [0.15, 0.2) is 0 Å². The predicted octanol–water partition coefficient (Wildman–Crippen LogP) is 1.21. The van der Waals surface area contributed by atoms with Gasteiger partial charge in [-0.15, -0.1) is 0 Å². The third-order valence-electron chi connectivity index (χ3n) is 1.88. The molecule has 16 heavy (non-hydrogen) atoms. The highest BCUT2D eigenvalue weighted by atomic mass is 16.4. The summed E-state index contributed by atoms with van der Waals surface area (Å²) < 4.78 is 0. The van der Waals surface area contributed by atoms with Gasteiger partial charge in [-0.3, -0.25) is 9.59 Å². The SMILES string of the molecule is CC(C)(C#CC#CC(C)(C)C(=O)O)C(=O)O. The summed E-state index contributed by atoms with van der Waals surface area (Å²) in [6.07, 6.45) is 0. The number of carbonyl (C=O) groups is 2. The molecule has 0 saturated carbocycles. The first kappa shape index (κ1) is 14.1. The Morgan fingerprint density at radius 2 is 1.06 bits per heavy atom. The first-order valence-electron chi connectivity index (χ1n) is 4.61. The van der Waals surface area contributed by atoms with E-state index in [0.717, 1.165) is 0 Å². The van der Waals surface area contributed by atoms with Crippen LogP contribution in [0.4, 0.5) is 0 Å². The average Bonchev–Trinajstić information content (AvgIpc) is 2.12. The fraction of sp³-hybridized carbons (Fsp3) is 0.500. The van der Waals surface area contributed by atoms with Gasteiger partial charge in [-0.25, -0.2) is 0 Å². The van der Waals surface area contributed by atoms with Crippen molar-refractivity contribution < 1.29 is 19.8 Å². The van der Waals surface area contributed by atoms with Crippen molar-refractivity contribution in [1.29, 1.82) is 0 Å². The standard InChI is InChI=1S/C12H14O4/c1-11(2,9(13)14)7-5-6-8-12(3,4)10(15)16/h1-4H3,(H,13,14)(H,15,16). The Morgan fingerprint density at radius 3 is 1.25 bits per heavy atom. The summed E-state index contributed by atoms with van der Waals surface area (Å²) in [5.41, 5.74) is -2.36. The summed E-state index contributed by atoms with van der Waals surface area (Å²) in [6.45, 7) is 5.80. The minimum atomic E-state index is -1.18. The minimum absolute atomic E-state index is 1.04. The van der Waals surface area contributed by atoms with Crippen LogP contribution in [-0.2, 0) is 9.59 Å². The van der Waals surface area contributed by atoms with Crippen molar-refractivity contribution in [3.05, 3.63) is 0 Å². The molecular formula is C12H14O4. The zero-order chi connectivity index (χ0) is 13.0. The number of hydrogen-bond acceptors (Lipinski definition) is 2. The summed E-state index contributed by atoms with van der Waals surface area (Å²) in [6, 6.07) is 0. The molecule has 0 aromatic rings. The summed E-state index contributed by atoms with van der Waals surface area (Å²) in [5.74, 6) is 7.55. The topological polar surface area (TPSA) is 74.6 Å². The molecule has 0 rings (SSSR count). The van der Waals surface area contributed by atoms with E-state index >= 15 is 0 Å². The highest BCUT2D eigenvalue weighted by Gasteiger charge is 2.25. The molecule has 0 spiro atoms. The molecular weight excluding hydrogens is 208 g/mol. The Kier molecular flexibility index (Phi) is 4.15. The maximum Gasteiger partial charge on any atom is 0.321 e. The lowest BCUT2D eigenvalue weighted by atomic mass is 9.94. The van der Waals surface area contributed by atoms with Crippen LogP contribution in [0.2, 0.25) is 0 Å². The quantitative estimate of drug-likeness (QED) is 0.689. The van der Waals surface area contributed by atoms with Crippen molar-refractivity contribution in [2.24, 2.45) is 10.8 Å². The van der Waals surface area contributed by atoms with E-state index in [1.165, 1.54) is 27.7 Å². The zero-order valence-electron chi connectivity index (χ0n) is 9.71. The number of hydrogen-bond donors (Lipinski definition) is 2. The molecule has 0 aromatic heterocycles. The normalized spacial score (nSPS) is 10.5. The van der Waals surface area contributed by atoms with Crippen molar-refractivity contribution in [2.75, 3.05) is 0 Å². The van der Waals surface area contributed by atoms with Gasteiger partial charge in [0, 0.05) is 0 Å². The molecule has 86 valence electrons. The first-order chi connectivity index (χ1) is 7.09. The van der Waals surface area contributed by atoms with Crippen molar-refractivity contribution >= 4 is 11.9 Å².